The molecule has 5 heteroatoms. The van der Waals surface area contributed by atoms with E-state index < -0.39 is 0 Å². The summed E-state index contributed by atoms with van der Waals surface area (Å²) in [5.41, 5.74) is 1.01. The number of benzene rings is 1. The molecule has 0 bridgehead atoms. The fourth-order valence-corrected chi connectivity index (χ4v) is 2.95. The summed E-state index contributed by atoms with van der Waals surface area (Å²) in [5.74, 6) is 2.13. The van der Waals surface area contributed by atoms with Gasteiger partial charge in [-0.3, -0.25) is 4.79 Å². The summed E-state index contributed by atoms with van der Waals surface area (Å²) in [6.07, 6.45) is 4.17. The summed E-state index contributed by atoms with van der Waals surface area (Å²) >= 11 is 0. The van der Waals surface area contributed by atoms with Crippen LogP contribution in [-0.4, -0.2) is 32.2 Å². The first-order valence-corrected chi connectivity index (χ1v) is 9.35. The number of piperidine rings is 1. The second-order valence-corrected chi connectivity index (χ2v) is 7.17. The molecule has 1 fully saturated rings. The van der Waals surface area contributed by atoms with Crippen LogP contribution in [0.4, 0.5) is 0 Å². The highest BCUT2D eigenvalue weighted by molar-refractivity contribution is 5.82. The van der Waals surface area contributed by atoms with Crippen LogP contribution in [0.5, 0.6) is 11.5 Å². The Labute approximate surface area is 151 Å². The molecule has 140 valence electrons. The molecule has 2 atom stereocenters. The van der Waals surface area contributed by atoms with Gasteiger partial charge in [0, 0.05) is 0 Å². The first-order valence-electron chi connectivity index (χ1n) is 9.35. The van der Waals surface area contributed by atoms with Crippen molar-refractivity contribution < 1.29 is 14.3 Å². The molecular weight excluding hydrogens is 316 g/mol. The lowest BCUT2D eigenvalue weighted by molar-refractivity contribution is -0.124. The highest BCUT2D eigenvalue weighted by atomic mass is 16.5. The zero-order chi connectivity index (χ0) is 18.2. The minimum Gasteiger partial charge on any atom is -0.493 e. The standard InChI is InChI=1S/C20H32N2O3/c1-14(2)10-12-25-18-9-8-16(13-19(18)24-4)15(3)22-20(23)17-7-5-6-11-21-17/h8-9,13-15,17,21H,5-7,10-12H2,1-4H3,(H,22,23). The smallest absolute Gasteiger partial charge is 0.237 e. The van der Waals surface area contributed by atoms with Crippen molar-refractivity contribution in [3.8, 4) is 11.5 Å². The molecule has 0 spiro atoms. The van der Waals surface area contributed by atoms with Crippen LogP contribution in [0.3, 0.4) is 0 Å². The van der Waals surface area contributed by atoms with Crippen molar-refractivity contribution in [1.82, 2.24) is 10.6 Å². The van der Waals surface area contributed by atoms with Crippen molar-refractivity contribution in [3.63, 3.8) is 0 Å². The van der Waals surface area contributed by atoms with Crippen LogP contribution >= 0.6 is 0 Å². The normalized spacial score (nSPS) is 18.7. The zero-order valence-electron chi connectivity index (χ0n) is 15.9. The van der Waals surface area contributed by atoms with E-state index in [1.807, 2.05) is 25.1 Å². The fraction of sp³-hybridized carbons (Fsp3) is 0.650. The molecule has 1 saturated heterocycles. The van der Waals surface area contributed by atoms with Gasteiger partial charge in [-0.15, -0.1) is 0 Å². The number of ether oxygens (including phenoxy) is 2. The van der Waals surface area contributed by atoms with Crippen LogP contribution in [0.25, 0.3) is 0 Å². The third kappa shape index (κ3) is 5.92. The Kier molecular flexibility index (Phi) is 7.56. The number of methoxy groups -OCH3 is 1. The molecule has 0 aliphatic carbocycles. The minimum absolute atomic E-state index is 0.0725. The van der Waals surface area contributed by atoms with E-state index in [-0.39, 0.29) is 18.0 Å². The minimum atomic E-state index is -0.0742. The largest absolute Gasteiger partial charge is 0.493 e. The summed E-state index contributed by atoms with van der Waals surface area (Å²) < 4.78 is 11.3. The van der Waals surface area contributed by atoms with Gasteiger partial charge in [-0.2, -0.15) is 0 Å². The molecular formula is C20H32N2O3. The van der Waals surface area contributed by atoms with Crippen molar-refractivity contribution in [2.75, 3.05) is 20.3 Å². The number of carbonyl (C=O) groups is 1. The Balaban J connectivity index is 1.96. The van der Waals surface area contributed by atoms with Crippen molar-refractivity contribution in [2.24, 2.45) is 5.92 Å². The number of carbonyl (C=O) groups excluding carboxylic acids is 1. The van der Waals surface area contributed by atoms with Gasteiger partial charge in [-0.25, -0.2) is 0 Å². The summed E-state index contributed by atoms with van der Waals surface area (Å²) in [4.78, 5) is 12.4. The van der Waals surface area contributed by atoms with Gasteiger partial charge in [0.05, 0.1) is 25.8 Å². The average molecular weight is 348 g/mol. The summed E-state index contributed by atoms with van der Waals surface area (Å²) in [5, 5.41) is 6.38. The maximum atomic E-state index is 12.4. The van der Waals surface area contributed by atoms with Crippen molar-refractivity contribution in [2.45, 2.75) is 58.5 Å². The molecule has 2 rings (SSSR count). The summed E-state index contributed by atoms with van der Waals surface area (Å²) in [7, 11) is 1.64. The van der Waals surface area contributed by atoms with Crippen LogP contribution in [0.15, 0.2) is 18.2 Å². The fourth-order valence-electron chi connectivity index (χ4n) is 2.95. The highest BCUT2D eigenvalue weighted by Gasteiger charge is 2.22. The molecule has 1 aromatic carbocycles. The Bertz CT molecular complexity index is 554. The lowest BCUT2D eigenvalue weighted by atomic mass is 10.0. The second-order valence-electron chi connectivity index (χ2n) is 7.17. The van der Waals surface area contributed by atoms with Crippen LogP contribution in [0, 0.1) is 5.92 Å². The Morgan fingerprint density at radius 3 is 2.72 bits per heavy atom. The summed E-state index contributed by atoms with van der Waals surface area (Å²) in [6, 6.07) is 5.72. The Hall–Kier alpha value is -1.75. The third-order valence-corrected chi connectivity index (χ3v) is 4.63. The molecule has 0 radical (unpaired) electrons. The first-order chi connectivity index (χ1) is 12.0. The number of rotatable bonds is 8. The topological polar surface area (TPSA) is 59.6 Å². The van der Waals surface area contributed by atoms with E-state index in [9.17, 15) is 4.79 Å². The quantitative estimate of drug-likeness (QED) is 0.755. The van der Waals surface area contributed by atoms with Gasteiger partial charge in [0.2, 0.25) is 5.91 Å². The monoisotopic (exact) mass is 348 g/mol. The average Bonchev–Trinajstić information content (AvgIpc) is 2.62. The molecule has 5 nitrogen and oxygen atoms in total. The van der Waals surface area contributed by atoms with Crippen molar-refractivity contribution >= 4 is 5.91 Å². The van der Waals surface area contributed by atoms with E-state index in [1.165, 1.54) is 0 Å². The molecule has 0 aromatic heterocycles. The first kappa shape index (κ1) is 19.6. The van der Waals surface area contributed by atoms with Crippen molar-refractivity contribution in [1.29, 1.82) is 0 Å². The Morgan fingerprint density at radius 2 is 2.08 bits per heavy atom. The van der Waals surface area contributed by atoms with E-state index in [0.29, 0.717) is 18.3 Å². The van der Waals surface area contributed by atoms with Crippen LogP contribution in [0.1, 0.15) is 58.1 Å². The predicted molar refractivity (Wildman–Crippen MR) is 100 cm³/mol. The molecule has 0 saturated carbocycles. The maximum Gasteiger partial charge on any atom is 0.237 e. The lowest BCUT2D eigenvalue weighted by Gasteiger charge is -2.25. The van der Waals surface area contributed by atoms with Crippen LogP contribution in [0.2, 0.25) is 0 Å². The van der Waals surface area contributed by atoms with E-state index >= 15 is 0 Å². The molecule has 1 heterocycles. The van der Waals surface area contributed by atoms with Gasteiger partial charge < -0.3 is 20.1 Å². The van der Waals surface area contributed by atoms with Gasteiger partial charge in [0.15, 0.2) is 11.5 Å². The van der Waals surface area contributed by atoms with E-state index in [2.05, 4.69) is 24.5 Å². The van der Waals surface area contributed by atoms with E-state index in [1.54, 1.807) is 7.11 Å². The van der Waals surface area contributed by atoms with Crippen LogP contribution < -0.4 is 20.1 Å². The highest BCUT2D eigenvalue weighted by Crippen LogP contribution is 2.30. The van der Waals surface area contributed by atoms with Gasteiger partial charge in [0.1, 0.15) is 0 Å². The van der Waals surface area contributed by atoms with Gasteiger partial charge in [-0.1, -0.05) is 26.3 Å². The number of hydrogen-bond donors (Lipinski definition) is 2. The molecule has 2 N–H and O–H groups in total. The maximum absolute atomic E-state index is 12.4. The molecule has 1 aliphatic rings. The number of amides is 1. The van der Waals surface area contributed by atoms with E-state index in [4.69, 9.17) is 9.47 Å². The molecule has 25 heavy (non-hydrogen) atoms. The predicted octanol–water partition coefficient (Wildman–Crippen LogP) is 3.44. The van der Waals surface area contributed by atoms with Gasteiger partial charge in [0.25, 0.3) is 0 Å². The zero-order valence-corrected chi connectivity index (χ0v) is 15.9. The van der Waals surface area contributed by atoms with Gasteiger partial charge >= 0.3 is 0 Å². The number of nitrogens with one attached hydrogen (secondary N) is 2. The molecule has 2 unspecified atom stereocenters. The lowest BCUT2D eigenvalue weighted by Crippen LogP contribution is -2.47. The van der Waals surface area contributed by atoms with Gasteiger partial charge in [-0.05, 0) is 56.3 Å². The SMILES string of the molecule is COc1cc(C(C)NC(=O)C2CCCCN2)ccc1OCCC(C)C. The second kappa shape index (κ2) is 9.66. The molecule has 1 aliphatic heterocycles. The summed E-state index contributed by atoms with van der Waals surface area (Å²) in [6.45, 7) is 7.94. The van der Waals surface area contributed by atoms with E-state index in [0.717, 1.165) is 43.5 Å². The van der Waals surface area contributed by atoms with Crippen LogP contribution in [-0.2, 0) is 4.79 Å². The van der Waals surface area contributed by atoms with Crippen molar-refractivity contribution in [3.05, 3.63) is 23.8 Å². The Morgan fingerprint density at radius 1 is 1.28 bits per heavy atom. The third-order valence-electron chi connectivity index (χ3n) is 4.63. The molecule has 1 aromatic rings. The number of hydrogen-bond acceptors (Lipinski definition) is 4. The molecule has 1 amide bonds.